The summed E-state index contributed by atoms with van der Waals surface area (Å²) in [6.45, 7) is 4.38. The van der Waals surface area contributed by atoms with Gasteiger partial charge in [0.2, 0.25) is 0 Å². The monoisotopic (exact) mass is 290 g/mol. The summed E-state index contributed by atoms with van der Waals surface area (Å²) in [5.74, 6) is 2.67. The van der Waals surface area contributed by atoms with E-state index in [4.69, 9.17) is 9.47 Å². The first kappa shape index (κ1) is 14.7. The van der Waals surface area contributed by atoms with Crippen molar-refractivity contribution >= 4 is 0 Å². The van der Waals surface area contributed by atoms with E-state index in [0.29, 0.717) is 6.04 Å². The maximum atomic E-state index is 5.64. The molecule has 1 heterocycles. The van der Waals surface area contributed by atoms with Gasteiger partial charge >= 0.3 is 0 Å². The lowest BCUT2D eigenvalue weighted by Gasteiger charge is -2.43. The molecule has 21 heavy (non-hydrogen) atoms. The van der Waals surface area contributed by atoms with Crippen LogP contribution in [0.25, 0.3) is 0 Å². The Morgan fingerprint density at radius 1 is 1.14 bits per heavy atom. The average Bonchev–Trinajstić information content (AvgIpc) is 2.51. The van der Waals surface area contributed by atoms with Crippen LogP contribution in [0.4, 0.5) is 0 Å². The quantitative estimate of drug-likeness (QED) is 0.903. The molecule has 1 aromatic rings. The molecule has 0 radical (unpaired) electrons. The Hall–Kier alpha value is -1.26. The van der Waals surface area contributed by atoms with Gasteiger partial charge in [-0.1, -0.05) is 6.42 Å². The van der Waals surface area contributed by atoms with E-state index in [0.717, 1.165) is 43.6 Å². The zero-order valence-electron chi connectivity index (χ0n) is 13.1. The topological polar surface area (TPSA) is 33.7 Å². The van der Waals surface area contributed by atoms with Crippen LogP contribution in [-0.2, 0) is 0 Å². The van der Waals surface area contributed by atoms with Gasteiger partial charge in [-0.2, -0.15) is 0 Å². The van der Waals surface area contributed by atoms with E-state index < -0.39 is 0 Å². The molecule has 2 aliphatic rings. The van der Waals surface area contributed by atoms with Crippen molar-refractivity contribution in [1.82, 2.24) is 10.2 Å². The number of nitrogens with zero attached hydrogens (tertiary/aromatic N) is 1. The van der Waals surface area contributed by atoms with Gasteiger partial charge in [0.1, 0.15) is 11.5 Å². The summed E-state index contributed by atoms with van der Waals surface area (Å²) in [5.41, 5.74) is 1.29. The van der Waals surface area contributed by atoms with Crippen molar-refractivity contribution < 1.29 is 9.47 Å². The van der Waals surface area contributed by atoms with Gasteiger partial charge in [-0.3, -0.25) is 4.90 Å². The van der Waals surface area contributed by atoms with Crippen LogP contribution >= 0.6 is 0 Å². The second-order valence-corrected chi connectivity index (χ2v) is 6.03. The Bertz CT molecular complexity index is 468. The first-order valence-electron chi connectivity index (χ1n) is 8.00. The molecule has 1 saturated heterocycles. The molecule has 0 spiro atoms. The fraction of sp³-hybridized carbons (Fsp3) is 0.647. The molecule has 4 heteroatoms. The van der Waals surface area contributed by atoms with Gasteiger partial charge in [-0.05, 0) is 37.0 Å². The first-order valence-corrected chi connectivity index (χ1v) is 8.00. The molecule has 116 valence electrons. The van der Waals surface area contributed by atoms with Crippen molar-refractivity contribution in [3.8, 4) is 11.5 Å². The van der Waals surface area contributed by atoms with Gasteiger partial charge < -0.3 is 14.8 Å². The lowest BCUT2D eigenvalue weighted by atomic mass is 9.76. The zero-order valence-corrected chi connectivity index (χ0v) is 13.1. The van der Waals surface area contributed by atoms with E-state index in [1.54, 1.807) is 14.2 Å². The molecule has 1 aliphatic carbocycles. The summed E-state index contributed by atoms with van der Waals surface area (Å²) in [5, 5.41) is 3.45. The standard InChI is InChI=1S/C17H26N2O2/c1-20-14-6-7-16(21-2)15(12-14)17(13-4-3-5-13)19-10-8-18-9-11-19/h6-7,12-13,17-18H,3-5,8-11H2,1-2H3/t17-/m0/s1. The van der Waals surface area contributed by atoms with Crippen LogP contribution in [0, 0.1) is 5.92 Å². The normalized spacial score (nSPS) is 21.6. The molecule has 1 N–H and O–H groups in total. The largest absolute Gasteiger partial charge is 0.497 e. The summed E-state index contributed by atoms with van der Waals surface area (Å²) in [6, 6.07) is 6.66. The molecule has 1 atom stereocenters. The molecule has 0 bridgehead atoms. The van der Waals surface area contributed by atoms with Crippen LogP contribution in [0.5, 0.6) is 11.5 Å². The van der Waals surface area contributed by atoms with Crippen LogP contribution in [-0.4, -0.2) is 45.3 Å². The Balaban J connectivity index is 1.94. The van der Waals surface area contributed by atoms with Gasteiger partial charge in [0.15, 0.2) is 0 Å². The molecular formula is C17H26N2O2. The van der Waals surface area contributed by atoms with Crippen LogP contribution in [0.15, 0.2) is 18.2 Å². The number of methoxy groups -OCH3 is 2. The Morgan fingerprint density at radius 2 is 1.90 bits per heavy atom. The Morgan fingerprint density at radius 3 is 2.48 bits per heavy atom. The van der Waals surface area contributed by atoms with Gasteiger partial charge in [-0.25, -0.2) is 0 Å². The predicted molar refractivity (Wildman–Crippen MR) is 84.1 cm³/mol. The third-order valence-electron chi connectivity index (χ3n) is 4.90. The van der Waals surface area contributed by atoms with Crippen molar-refractivity contribution in [2.45, 2.75) is 25.3 Å². The van der Waals surface area contributed by atoms with Crippen molar-refractivity contribution in [3.05, 3.63) is 23.8 Å². The van der Waals surface area contributed by atoms with E-state index in [1.807, 2.05) is 12.1 Å². The van der Waals surface area contributed by atoms with Crippen molar-refractivity contribution in [1.29, 1.82) is 0 Å². The molecule has 1 saturated carbocycles. The molecule has 1 aromatic carbocycles. The smallest absolute Gasteiger partial charge is 0.123 e. The van der Waals surface area contributed by atoms with E-state index in [9.17, 15) is 0 Å². The number of rotatable bonds is 5. The summed E-state index contributed by atoms with van der Waals surface area (Å²) < 4.78 is 11.1. The van der Waals surface area contributed by atoms with Crippen molar-refractivity contribution in [3.63, 3.8) is 0 Å². The number of hydrogen-bond donors (Lipinski definition) is 1. The minimum absolute atomic E-state index is 0.464. The SMILES string of the molecule is COc1ccc(OC)c([C@H](C2CCC2)N2CCNCC2)c1. The second kappa shape index (κ2) is 6.67. The van der Waals surface area contributed by atoms with E-state index >= 15 is 0 Å². The predicted octanol–water partition coefficient (Wildman–Crippen LogP) is 2.45. The molecule has 0 aromatic heterocycles. The molecule has 2 fully saturated rings. The number of ether oxygens (including phenoxy) is 2. The molecule has 0 amide bonds. The summed E-state index contributed by atoms with van der Waals surface area (Å²) in [6.07, 6.45) is 4.02. The molecular weight excluding hydrogens is 264 g/mol. The van der Waals surface area contributed by atoms with Crippen LogP contribution < -0.4 is 14.8 Å². The summed E-state index contributed by atoms with van der Waals surface area (Å²) in [7, 11) is 3.50. The van der Waals surface area contributed by atoms with Crippen LogP contribution in [0.2, 0.25) is 0 Å². The molecule has 4 nitrogen and oxygen atoms in total. The third kappa shape index (κ3) is 3.01. The fourth-order valence-corrected chi connectivity index (χ4v) is 3.54. The van der Waals surface area contributed by atoms with Crippen molar-refractivity contribution in [2.75, 3.05) is 40.4 Å². The summed E-state index contributed by atoms with van der Waals surface area (Å²) >= 11 is 0. The average molecular weight is 290 g/mol. The van der Waals surface area contributed by atoms with Gasteiger partial charge in [0.25, 0.3) is 0 Å². The van der Waals surface area contributed by atoms with E-state index in [-0.39, 0.29) is 0 Å². The third-order valence-corrected chi connectivity index (χ3v) is 4.90. The maximum absolute atomic E-state index is 5.64. The highest BCUT2D eigenvalue weighted by molar-refractivity contribution is 5.43. The van der Waals surface area contributed by atoms with Crippen LogP contribution in [0.3, 0.4) is 0 Å². The van der Waals surface area contributed by atoms with Crippen LogP contribution in [0.1, 0.15) is 30.9 Å². The fourth-order valence-electron chi connectivity index (χ4n) is 3.54. The van der Waals surface area contributed by atoms with Crippen molar-refractivity contribution in [2.24, 2.45) is 5.92 Å². The number of hydrogen-bond acceptors (Lipinski definition) is 4. The molecule has 3 rings (SSSR count). The first-order chi connectivity index (χ1) is 10.3. The maximum Gasteiger partial charge on any atom is 0.123 e. The molecule has 1 aliphatic heterocycles. The minimum atomic E-state index is 0.464. The highest BCUT2D eigenvalue weighted by atomic mass is 16.5. The molecule has 0 unspecified atom stereocenters. The number of piperazine rings is 1. The van der Waals surface area contributed by atoms with Gasteiger partial charge in [-0.15, -0.1) is 0 Å². The zero-order chi connectivity index (χ0) is 14.7. The van der Waals surface area contributed by atoms with E-state index in [1.165, 1.54) is 24.8 Å². The number of nitrogens with one attached hydrogen (secondary N) is 1. The highest BCUT2D eigenvalue weighted by Gasteiger charge is 2.35. The second-order valence-electron chi connectivity index (χ2n) is 6.03. The minimum Gasteiger partial charge on any atom is -0.497 e. The van der Waals surface area contributed by atoms with Gasteiger partial charge in [0, 0.05) is 37.8 Å². The lowest BCUT2D eigenvalue weighted by molar-refractivity contribution is 0.0817. The Labute approximate surface area is 127 Å². The number of benzene rings is 1. The highest BCUT2D eigenvalue weighted by Crippen LogP contribution is 2.45. The lowest BCUT2D eigenvalue weighted by Crippen LogP contribution is -2.47. The van der Waals surface area contributed by atoms with Gasteiger partial charge in [0.05, 0.1) is 14.2 Å². The van der Waals surface area contributed by atoms with E-state index in [2.05, 4.69) is 16.3 Å². The Kier molecular flexibility index (Phi) is 4.66. The summed E-state index contributed by atoms with van der Waals surface area (Å²) in [4.78, 5) is 2.62.